The number of nitrogens with zero attached hydrogens (tertiary/aromatic N) is 3. The van der Waals surface area contributed by atoms with Crippen LogP contribution < -0.4 is 25.2 Å². The van der Waals surface area contributed by atoms with Gasteiger partial charge in [0.05, 0.1) is 19.9 Å². The average Bonchev–Trinajstić information content (AvgIpc) is 2.97. The van der Waals surface area contributed by atoms with Crippen LogP contribution in [0.1, 0.15) is 23.6 Å². The van der Waals surface area contributed by atoms with Gasteiger partial charge in [0.2, 0.25) is 5.91 Å². The van der Waals surface area contributed by atoms with Crippen molar-refractivity contribution in [1.82, 2.24) is 14.8 Å². The lowest BCUT2D eigenvalue weighted by atomic mass is 9.75. The number of hydrogen-bond acceptors (Lipinski definition) is 7. The molecule has 3 atom stereocenters. The SMILES string of the molecule is COc1ccc(C[C@@]2(CN3C[C@@H]4C[C@H](C3)c3cccc(=O)n3C4)C(=O)NC(=O)N(c3ccccc3)C2=O)c(OC)c1. The highest BCUT2D eigenvalue weighted by molar-refractivity contribution is 6.30. The summed E-state index contributed by atoms with van der Waals surface area (Å²) in [6, 6.07) is 18.5. The Morgan fingerprint density at radius 1 is 0.902 bits per heavy atom. The largest absolute Gasteiger partial charge is 0.497 e. The van der Waals surface area contributed by atoms with Crippen molar-refractivity contribution < 1.29 is 23.9 Å². The first-order valence-electron chi connectivity index (χ1n) is 13.7. The Kier molecular flexibility index (Phi) is 6.86. The van der Waals surface area contributed by atoms with E-state index in [4.69, 9.17) is 9.47 Å². The summed E-state index contributed by atoms with van der Waals surface area (Å²) < 4.78 is 12.8. The molecular formula is C31H32N4O6. The van der Waals surface area contributed by atoms with Crippen molar-refractivity contribution in [2.45, 2.75) is 25.3 Å². The normalized spacial score (nSPS) is 24.0. The Labute approximate surface area is 237 Å². The molecule has 0 unspecified atom stereocenters. The number of carbonyl (C=O) groups is 3. The highest BCUT2D eigenvalue weighted by atomic mass is 16.5. The molecule has 4 heterocycles. The van der Waals surface area contributed by atoms with E-state index in [1.165, 1.54) is 7.11 Å². The molecule has 1 aromatic heterocycles. The minimum Gasteiger partial charge on any atom is -0.497 e. The Bertz CT molecular complexity index is 1570. The fraction of sp³-hybridized carbons (Fsp3) is 0.355. The van der Waals surface area contributed by atoms with Crippen LogP contribution >= 0.6 is 0 Å². The van der Waals surface area contributed by atoms with Gasteiger partial charge in [0.15, 0.2) is 0 Å². The number of rotatable bonds is 7. The number of hydrogen-bond donors (Lipinski definition) is 1. The summed E-state index contributed by atoms with van der Waals surface area (Å²) in [4.78, 5) is 57.2. The van der Waals surface area contributed by atoms with E-state index >= 15 is 0 Å². The Morgan fingerprint density at radius 2 is 1.71 bits per heavy atom. The molecule has 1 N–H and O–H groups in total. The maximum absolute atomic E-state index is 14.5. The van der Waals surface area contributed by atoms with Gasteiger partial charge in [0, 0.05) is 56.3 Å². The van der Waals surface area contributed by atoms with Crippen molar-refractivity contribution in [2.24, 2.45) is 11.3 Å². The van der Waals surface area contributed by atoms with Crippen molar-refractivity contribution in [3.05, 3.63) is 88.3 Å². The number of aromatic nitrogens is 1. The highest BCUT2D eigenvalue weighted by Crippen LogP contribution is 2.40. The zero-order valence-electron chi connectivity index (χ0n) is 23.0. The number of amides is 4. The molecule has 2 fully saturated rings. The van der Waals surface area contributed by atoms with Crippen molar-refractivity contribution >= 4 is 23.5 Å². The van der Waals surface area contributed by atoms with Crippen LogP contribution in [0.2, 0.25) is 0 Å². The van der Waals surface area contributed by atoms with Crippen LogP contribution in [0, 0.1) is 11.3 Å². The van der Waals surface area contributed by atoms with E-state index in [1.807, 2.05) is 10.6 Å². The Balaban J connectivity index is 1.41. The number of likely N-dealkylation sites (tertiary alicyclic amines) is 1. The molecule has 0 aliphatic carbocycles. The van der Waals surface area contributed by atoms with Crippen molar-refractivity contribution in [3.8, 4) is 11.5 Å². The van der Waals surface area contributed by atoms with E-state index in [-0.39, 0.29) is 30.4 Å². The number of pyridine rings is 1. The lowest BCUT2D eigenvalue weighted by Crippen LogP contribution is -2.68. The maximum atomic E-state index is 14.5. The molecule has 4 amide bonds. The van der Waals surface area contributed by atoms with Gasteiger partial charge < -0.3 is 18.9 Å². The van der Waals surface area contributed by atoms with Crippen molar-refractivity contribution in [3.63, 3.8) is 0 Å². The van der Waals surface area contributed by atoms with Gasteiger partial charge in [-0.1, -0.05) is 30.3 Å². The number of ether oxygens (including phenoxy) is 2. The minimum absolute atomic E-state index is 0.00688. The number of benzene rings is 2. The predicted molar refractivity (Wildman–Crippen MR) is 151 cm³/mol. The zero-order valence-corrected chi connectivity index (χ0v) is 23.0. The second kappa shape index (κ2) is 10.5. The predicted octanol–water partition coefficient (Wildman–Crippen LogP) is 2.80. The topological polar surface area (TPSA) is 110 Å². The van der Waals surface area contributed by atoms with Crippen molar-refractivity contribution in [1.29, 1.82) is 0 Å². The van der Waals surface area contributed by atoms with Crippen LogP contribution in [0.25, 0.3) is 0 Å². The summed E-state index contributed by atoms with van der Waals surface area (Å²) in [5.41, 5.74) is 0.385. The molecule has 10 heteroatoms. The van der Waals surface area contributed by atoms with E-state index in [1.54, 1.807) is 67.8 Å². The van der Waals surface area contributed by atoms with Crippen LogP contribution in [-0.4, -0.2) is 61.2 Å². The molecule has 2 bridgehead atoms. The van der Waals surface area contributed by atoms with Crippen molar-refractivity contribution in [2.75, 3.05) is 38.8 Å². The molecule has 212 valence electrons. The van der Waals surface area contributed by atoms with E-state index in [9.17, 15) is 19.2 Å². The second-order valence-corrected chi connectivity index (χ2v) is 11.1. The second-order valence-electron chi connectivity index (χ2n) is 11.1. The standard InChI is InChI=1S/C31H32N4O6/c1-40-24-12-11-21(26(14-24)41-2)15-31(28(37)32-30(39)35(29(31)38)23-7-4-3-5-8-23)19-33-16-20-13-22(18-33)25-9-6-10-27(36)34(25)17-20/h3-12,14,20,22H,13,15-19H2,1-2H3,(H,32,37,39)/t20-,22+,31+/m0/s1. The van der Waals surface area contributed by atoms with E-state index < -0.39 is 23.3 Å². The van der Waals surface area contributed by atoms with Gasteiger partial charge in [-0.3, -0.25) is 19.7 Å². The number of barbiturate groups is 1. The summed E-state index contributed by atoms with van der Waals surface area (Å²) in [6.07, 6.45) is 0.956. The van der Waals surface area contributed by atoms with Crippen LogP contribution in [0.4, 0.5) is 10.5 Å². The van der Waals surface area contributed by atoms with E-state index in [2.05, 4.69) is 10.2 Å². The third-order valence-electron chi connectivity index (χ3n) is 8.52. The number of imide groups is 2. The van der Waals surface area contributed by atoms with Crippen LogP contribution in [-0.2, 0) is 22.6 Å². The van der Waals surface area contributed by atoms with Crippen LogP contribution in [0.5, 0.6) is 11.5 Å². The maximum Gasteiger partial charge on any atom is 0.335 e. The first kappa shape index (κ1) is 26.8. The number of anilines is 1. The van der Waals surface area contributed by atoms with Gasteiger partial charge in [0.1, 0.15) is 16.9 Å². The van der Waals surface area contributed by atoms with Gasteiger partial charge in [-0.25, -0.2) is 9.69 Å². The number of piperidine rings is 1. The summed E-state index contributed by atoms with van der Waals surface area (Å²) >= 11 is 0. The average molecular weight is 557 g/mol. The lowest BCUT2D eigenvalue weighted by Gasteiger charge is -2.47. The minimum atomic E-state index is -1.62. The summed E-state index contributed by atoms with van der Waals surface area (Å²) in [5.74, 6) is 0.141. The molecule has 3 aromatic rings. The molecule has 0 radical (unpaired) electrons. The van der Waals surface area contributed by atoms with Gasteiger partial charge in [-0.05, 0) is 42.2 Å². The fourth-order valence-corrected chi connectivity index (χ4v) is 6.67. The molecule has 0 saturated carbocycles. The molecule has 2 aromatic carbocycles. The van der Waals surface area contributed by atoms with Gasteiger partial charge in [0.25, 0.3) is 11.5 Å². The molecule has 41 heavy (non-hydrogen) atoms. The smallest absolute Gasteiger partial charge is 0.335 e. The number of carbonyl (C=O) groups excluding carboxylic acids is 3. The number of fused-ring (bicyclic) bond motifs is 4. The first-order chi connectivity index (χ1) is 19.8. The van der Waals surface area contributed by atoms with Gasteiger partial charge >= 0.3 is 6.03 Å². The van der Waals surface area contributed by atoms with Crippen LogP contribution in [0.3, 0.4) is 0 Å². The first-order valence-corrected chi connectivity index (χ1v) is 13.7. The lowest BCUT2D eigenvalue weighted by molar-refractivity contribution is -0.144. The third-order valence-corrected chi connectivity index (χ3v) is 8.52. The van der Waals surface area contributed by atoms with Gasteiger partial charge in [-0.15, -0.1) is 0 Å². The number of methoxy groups -OCH3 is 2. The summed E-state index contributed by atoms with van der Waals surface area (Å²) in [7, 11) is 3.08. The molecular weight excluding hydrogens is 524 g/mol. The molecule has 10 nitrogen and oxygen atoms in total. The number of urea groups is 1. The van der Waals surface area contributed by atoms with E-state index in [0.717, 1.165) is 17.0 Å². The number of nitrogens with one attached hydrogen (secondary N) is 1. The van der Waals surface area contributed by atoms with E-state index in [0.29, 0.717) is 42.4 Å². The molecule has 0 spiro atoms. The Morgan fingerprint density at radius 3 is 2.46 bits per heavy atom. The monoisotopic (exact) mass is 556 g/mol. The van der Waals surface area contributed by atoms with Crippen LogP contribution in [0.15, 0.2) is 71.5 Å². The molecule has 3 aliphatic rings. The molecule has 3 aliphatic heterocycles. The quantitative estimate of drug-likeness (QED) is 0.446. The third kappa shape index (κ3) is 4.67. The molecule has 2 saturated heterocycles. The summed E-state index contributed by atoms with van der Waals surface area (Å²) in [5, 5.41) is 2.48. The zero-order chi connectivity index (χ0) is 28.7. The number of para-hydroxylation sites is 1. The fourth-order valence-electron chi connectivity index (χ4n) is 6.67. The highest BCUT2D eigenvalue weighted by Gasteiger charge is 2.56. The Hall–Kier alpha value is -4.44. The summed E-state index contributed by atoms with van der Waals surface area (Å²) in [6.45, 7) is 1.91. The molecule has 6 rings (SSSR count). The van der Waals surface area contributed by atoms with Gasteiger partial charge in [-0.2, -0.15) is 0 Å².